The van der Waals surface area contributed by atoms with Crippen molar-refractivity contribution in [1.29, 1.82) is 0 Å². The Morgan fingerprint density at radius 3 is 2.28 bits per heavy atom. The SMILES string of the molecule is C#CC[C@H](N)C(=C)N[C@@H](C)[C@@H](C)[C@@H](C)CC(C)C. The van der Waals surface area contributed by atoms with Crippen molar-refractivity contribution in [3.63, 3.8) is 0 Å². The van der Waals surface area contributed by atoms with Gasteiger partial charge in [-0.3, -0.25) is 0 Å². The van der Waals surface area contributed by atoms with Gasteiger partial charge in [0.2, 0.25) is 0 Å². The summed E-state index contributed by atoms with van der Waals surface area (Å²) in [5.74, 6) is 4.58. The Balaban J connectivity index is 4.27. The fourth-order valence-electron chi connectivity index (χ4n) is 2.23. The summed E-state index contributed by atoms with van der Waals surface area (Å²) in [7, 11) is 0. The zero-order chi connectivity index (χ0) is 14.3. The summed E-state index contributed by atoms with van der Waals surface area (Å²) in [4.78, 5) is 0. The Bertz CT molecular complexity index is 288. The molecule has 0 aliphatic carbocycles. The topological polar surface area (TPSA) is 38.0 Å². The third-order valence-corrected chi connectivity index (χ3v) is 3.73. The lowest BCUT2D eigenvalue weighted by Gasteiger charge is -2.30. The molecule has 2 nitrogen and oxygen atoms in total. The molecule has 0 saturated heterocycles. The van der Waals surface area contributed by atoms with Crippen molar-refractivity contribution >= 4 is 0 Å². The molecule has 0 spiro atoms. The largest absolute Gasteiger partial charge is 0.385 e. The Morgan fingerprint density at radius 2 is 1.83 bits per heavy atom. The molecule has 4 atom stereocenters. The van der Waals surface area contributed by atoms with Crippen molar-refractivity contribution in [2.75, 3.05) is 0 Å². The summed E-state index contributed by atoms with van der Waals surface area (Å²) >= 11 is 0. The normalized spacial score (nSPS) is 17.7. The first-order valence-corrected chi connectivity index (χ1v) is 6.93. The first-order chi connectivity index (χ1) is 8.29. The van der Waals surface area contributed by atoms with Gasteiger partial charge in [0.25, 0.3) is 0 Å². The van der Waals surface area contributed by atoms with E-state index >= 15 is 0 Å². The van der Waals surface area contributed by atoms with E-state index in [-0.39, 0.29) is 6.04 Å². The molecule has 104 valence electrons. The summed E-state index contributed by atoms with van der Waals surface area (Å²) in [5.41, 5.74) is 6.78. The molecule has 0 aliphatic rings. The quantitative estimate of drug-likeness (QED) is 0.649. The molecule has 0 heterocycles. The highest BCUT2D eigenvalue weighted by Gasteiger charge is 2.21. The molecule has 0 aliphatic heterocycles. The molecule has 0 aromatic carbocycles. The number of rotatable bonds is 8. The van der Waals surface area contributed by atoms with E-state index in [4.69, 9.17) is 12.2 Å². The number of hydrogen-bond donors (Lipinski definition) is 2. The van der Waals surface area contributed by atoms with Crippen LogP contribution in [0.3, 0.4) is 0 Å². The molecular weight excluding hydrogens is 220 g/mol. The summed E-state index contributed by atoms with van der Waals surface area (Å²) in [5, 5.41) is 3.40. The van der Waals surface area contributed by atoms with E-state index in [1.165, 1.54) is 6.42 Å². The highest BCUT2D eigenvalue weighted by atomic mass is 15.0. The molecule has 0 amide bonds. The second kappa shape index (κ2) is 8.21. The Morgan fingerprint density at radius 1 is 1.28 bits per heavy atom. The molecule has 0 fully saturated rings. The molecule has 0 radical (unpaired) electrons. The maximum atomic E-state index is 5.93. The molecule has 18 heavy (non-hydrogen) atoms. The second-order valence-corrected chi connectivity index (χ2v) is 5.94. The molecule has 0 rings (SSSR count). The van der Waals surface area contributed by atoms with E-state index in [2.05, 4.69) is 52.4 Å². The maximum Gasteiger partial charge on any atom is 0.0549 e. The van der Waals surface area contributed by atoms with E-state index in [1.807, 2.05) is 0 Å². The van der Waals surface area contributed by atoms with Crippen molar-refractivity contribution in [2.45, 2.75) is 59.5 Å². The van der Waals surface area contributed by atoms with Crippen molar-refractivity contribution in [3.8, 4) is 12.3 Å². The van der Waals surface area contributed by atoms with Crippen LogP contribution in [-0.2, 0) is 0 Å². The fraction of sp³-hybridized carbons (Fsp3) is 0.750. The third-order valence-electron chi connectivity index (χ3n) is 3.73. The smallest absolute Gasteiger partial charge is 0.0549 e. The van der Waals surface area contributed by atoms with Crippen molar-refractivity contribution in [2.24, 2.45) is 23.5 Å². The molecule has 0 saturated carbocycles. The minimum absolute atomic E-state index is 0.148. The molecule has 0 bridgehead atoms. The minimum atomic E-state index is -0.148. The zero-order valence-corrected chi connectivity index (χ0v) is 12.7. The van der Waals surface area contributed by atoms with E-state index < -0.39 is 0 Å². The predicted octanol–water partition coefficient (Wildman–Crippen LogP) is 3.15. The van der Waals surface area contributed by atoms with Gasteiger partial charge in [0, 0.05) is 18.2 Å². The van der Waals surface area contributed by atoms with Crippen LogP contribution in [0.5, 0.6) is 0 Å². The van der Waals surface area contributed by atoms with Gasteiger partial charge in [-0.05, 0) is 31.1 Å². The molecular formula is C16H30N2. The molecule has 0 aromatic rings. The van der Waals surface area contributed by atoms with Crippen LogP contribution in [0.2, 0.25) is 0 Å². The van der Waals surface area contributed by atoms with Gasteiger partial charge in [0.1, 0.15) is 0 Å². The van der Waals surface area contributed by atoms with Crippen LogP contribution < -0.4 is 11.1 Å². The van der Waals surface area contributed by atoms with Crippen LogP contribution in [0.1, 0.15) is 47.5 Å². The molecule has 0 unspecified atom stereocenters. The predicted molar refractivity (Wildman–Crippen MR) is 80.9 cm³/mol. The lowest BCUT2D eigenvalue weighted by molar-refractivity contribution is 0.269. The fourth-order valence-corrected chi connectivity index (χ4v) is 2.23. The summed E-state index contributed by atoms with van der Waals surface area (Å²) in [6, 6.07) is 0.222. The Hall–Kier alpha value is -0.940. The van der Waals surface area contributed by atoms with Gasteiger partial charge in [-0.25, -0.2) is 0 Å². The van der Waals surface area contributed by atoms with Gasteiger partial charge < -0.3 is 11.1 Å². The van der Waals surface area contributed by atoms with E-state index in [0.717, 1.165) is 11.6 Å². The zero-order valence-electron chi connectivity index (χ0n) is 12.7. The van der Waals surface area contributed by atoms with Crippen LogP contribution in [0.4, 0.5) is 0 Å². The Kier molecular flexibility index (Phi) is 7.78. The van der Waals surface area contributed by atoms with Gasteiger partial charge in [0.15, 0.2) is 0 Å². The first kappa shape index (κ1) is 17.1. The maximum absolute atomic E-state index is 5.93. The van der Waals surface area contributed by atoms with Crippen LogP contribution in [-0.4, -0.2) is 12.1 Å². The number of nitrogens with one attached hydrogen (secondary N) is 1. The van der Waals surface area contributed by atoms with E-state index in [0.29, 0.717) is 24.3 Å². The van der Waals surface area contributed by atoms with Crippen LogP contribution in [0, 0.1) is 30.1 Å². The highest BCUT2D eigenvalue weighted by molar-refractivity contribution is 5.08. The lowest BCUT2D eigenvalue weighted by atomic mass is 9.84. The van der Waals surface area contributed by atoms with E-state index in [9.17, 15) is 0 Å². The number of terminal acetylenes is 1. The van der Waals surface area contributed by atoms with Crippen LogP contribution in [0.15, 0.2) is 12.3 Å². The molecule has 0 aromatic heterocycles. The molecule has 3 N–H and O–H groups in total. The van der Waals surface area contributed by atoms with Gasteiger partial charge in [0.05, 0.1) is 6.04 Å². The lowest BCUT2D eigenvalue weighted by Crippen LogP contribution is -2.40. The van der Waals surface area contributed by atoms with E-state index in [1.54, 1.807) is 0 Å². The van der Waals surface area contributed by atoms with Gasteiger partial charge in [-0.2, -0.15) is 0 Å². The standard InChI is InChI=1S/C16H30N2/c1-8-9-16(17)15(7)18-14(6)13(5)12(4)10-11(2)3/h1,11-14,16,18H,7,9-10,17H2,2-6H3/t12-,13-,14-,16-/m0/s1. The average Bonchev–Trinajstić information content (AvgIpc) is 2.27. The highest BCUT2D eigenvalue weighted by Crippen LogP contribution is 2.23. The van der Waals surface area contributed by atoms with Crippen molar-refractivity contribution < 1.29 is 0 Å². The van der Waals surface area contributed by atoms with Crippen LogP contribution in [0.25, 0.3) is 0 Å². The second-order valence-electron chi connectivity index (χ2n) is 5.94. The van der Waals surface area contributed by atoms with Crippen LogP contribution >= 0.6 is 0 Å². The Labute approximate surface area is 113 Å². The summed E-state index contributed by atoms with van der Waals surface area (Å²) in [6.07, 6.45) is 7.04. The third kappa shape index (κ3) is 6.12. The van der Waals surface area contributed by atoms with Crippen molar-refractivity contribution in [3.05, 3.63) is 12.3 Å². The first-order valence-electron chi connectivity index (χ1n) is 6.93. The number of nitrogens with two attached hydrogens (primary N) is 1. The van der Waals surface area contributed by atoms with Gasteiger partial charge >= 0.3 is 0 Å². The van der Waals surface area contributed by atoms with Crippen molar-refractivity contribution in [1.82, 2.24) is 5.32 Å². The summed E-state index contributed by atoms with van der Waals surface area (Å²) < 4.78 is 0. The summed E-state index contributed by atoms with van der Waals surface area (Å²) in [6.45, 7) is 15.3. The monoisotopic (exact) mass is 250 g/mol. The number of hydrogen-bond acceptors (Lipinski definition) is 2. The van der Waals surface area contributed by atoms with Gasteiger partial charge in [-0.1, -0.05) is 34.3 Å². The minimum Gasteiger partial charge on any atom is -0.385 e. The van der Waals surface area contributed by atoms with Gasteiger partial charge in [-0.15, -0.1) is 12.3 Å². The molecule has 2 heteroatoms. The average molecular weight is 250 g/mol.